The zero-order valence-corrected chi connectivity index (χ0v) is 13.5. The van der Waals surface area contributed by atoms with Gasteiger partial charge in [0.15, 0.2) is 0 Å². The molecule has 2 N–H and O–H groups in total. The Kier molecular flexibility index (Phi) is 5.22. The first kappa shape index (κ1) is 16.2. The summed E-state index contributed by atoms with van der Waals surface area (Å²) in [6, 6.07) is 0.199. The lowest BCUT2D eigenvalue weighted by molar-refractivity contribution is 0.148. The fourth-order valence-electron chi connectivity index (χ4n) is 2.85. The Morgan fingerprint density at radius 3 is 2.81 bits per heavy atom. The van der Waals surface area contributed by atoms with E-state index in [9.17, 15) is 5.11 Å². The molecule has 1 aliphatic carbocycles. The van der Waals surface area contributed by atoms with Crippen LogP contribution >= 0.6 is 11.6 Å². The van der Waals surface area contributed by atoms with Crippen LogP contribution in [0.3, 0.4) is 0 Å². The van der Waals surface area contributed by atoms with Crippen molar-refractivity contribution in [2.24, 2.45) is 5.92 Å². The van der Waals surface area contributed by atoms with Gasteiger partial charge < -0.3 is 15.2 Å². The van der Waals surface area contributed by atoms with Crippen LogP contribution < -0.4 is 10.1 Å². The van der Waals surface area contributed by atoms with E-state index >= 15 is 0 Å². The van der Waals surface area contributed by atoms with Gasteiger partial charge in [0.25, 0.3) is 0 Å². The van der Waals surface area contributed by atoms with Gasteiger partial charge in [0.1, 0.15) is 0 Å². The highest BCUT2D eigenvalue weighted by molar-refractivity contribution is 6.28. The average molecular weight is 315 g/mol. The molecule has 0 aliphatic heterocycles. The fourth-order valence-corrected chi connectivity index (χ4v) is 3.00. The number of halogens is 1. The van der Waals surface area contributed by atoms with Gasteiger partial charge in [-0.3, -0.25) is 0 Å². The summed E-state index contributed by atoms with van der Waals surface area (Å²) in [6.07, 6.45) is 3.98. The van der Waals surface area contributed by atoms with Crippen LogP contribution in [0.15, 0.2) is 0 Å². The van der Waals surface area contributed by atoms with Crippen molar-refractivity contribution in [1.82, 2.24) is 15.0 Å². The van der Waals surface area contributed by atoms with Gasteiger partial charge in [-0.15, -0.1) is 0 Å². The number of anilines is 1. The molecule has 2 rings (SSSR count). The Hall–Kier alpha value is -1.14. The first-order valence-corrected chi connectivity index (χ1v) is 7.77. The maximum atomic E-state index is 9.81. The van der Waals surface area contributed by atoms with Gasteiger partial charge in [-0.2, -0.15) is 15.0 Å². The molecule has 0 aromatic carbocycles. The van der Waals surface area contributed by atoms with Crippen LogP contribution in [0.2, 0.25) is 5.28 Å². The van der Waals surface area contributed by atoms with E-state index < -0.39 is 5.54 Å². The highest BCUT2D eigenvalue weighted by Gasteiger charge is 2.35. The average Bonchev–Trinajstić information content (AvgIpc) is 2.37. The van der Waals surface area contributed by atoms with E-state index in [1.54, 1.807) is 0 Å². The molecule has 2 atom stereocenters. The lowest BCUT2D eigenvalue weighted by Gasteiger charge is -2.39. The van der Waals surface area contributed by atoms with Gasteiger partial charge in [0, 0.05) is 0 Å². The summed E-state index contributed by atoms with van der Waals surface area (Å²) < 4.78 is 5.46. The SMILES string of the molecule is CC1CCCC(CO)(Nc2nc(Cl)nc(OC(C)C)n2)C1. The van der Waals surface area contributed by atoms with Crippen LogP contribution in [-0.4, -0.2) is 38.3 Å². The summed E-state index contributed by atoms with van der Waals surface area (Å²) in [4.78, 5) is 12.3. The predicted molar refractivity (Wildman–Crippen MR) is 81.7 cm³/mol. The zero-order valence-electron chi connectivity index (χ0n) is 12.8. The van der Waals surface area contributed by atoms with Gasteiger partial charge in [-0.25, -0.2) is 0 Å². The minimum atomic E-state index is -0.391. The molecule has 1 aliphatic rings. The Bertz CT molecular complexity index is 486. The summed E-state index contributed by atoms with van der Waals surface area (Å²) in [5.74, 6) is 0.913. The van der Waals surface area contributed by atoms with E-state index in [-0.39, 0.29) is 24.0 Å². The van der Waals surface area contributed by atoms with Crippen molar-refractivity contribution < 1.29 is 9.84 Å². The quantitative estimate of drug-likeness (QED) is 0.869. The molecule has 1 aromatic heterocycles. The molecule has 0 saturated heterocycles. The van der Waals surface area contributed by atoms with Crippen molar-refractivity contribution in [3.63, 3.8) is 0 Å². The number of hydrogen-bond donors (Lipinski definition) is 2. The number of nitrogens with one attached hydrogen (secondary N) is 1. The number of aliphatic hydroxyl groups excluding tert-OH is 1. The van der Waals surface area contributed by atoms with Crippen molar-refractivity contribution in [3.05, 3.63) is 5.28 Å². The van der Waals surface area contributed by atoms with E-state index in [0.29, 0.717) is 11.9 Å². The highest BCUT2D eigenvalue weighted by Crippen LogP contribution is 2.34. The highest BCUT2D eigenvalue weighted by atomic mass is 35.5. The molecule has 0 amide bonds. The number of hydrogen-bond acceptors (Lipinski definition) is 6. The number of nitrogens with zero attached hydrogens (tertiary/aromatic N) is 3. The summed E-state index contributed by atoms with van der Waals surface area (Å²) >= 11 is 5.92. The molecule has 118 valence electrons. The van der Waals surface area contributed by atoms with Crippen LogP contribution in [-0.2, 0) is 0 Å². The van der Waals surface area contributed by atoms with E-state index in [2.05, 4.69) is 27.2 Å². The molecule has 1 saturated carbocycles. The topological polar surface area (TPSA) is 80.2 Å². The maximum Gasteiger partial charge on any atom is 0.322 e. The Morgan fingerprint density at radius 1 is 1.43 bits per heavy atom. The Morgan fingerprint density at radius 2 is 2.19 bits per heavy atom. The third-order valence-electron chi connectivity index (χ3n) is 3.70. The third kappa shape index (κ3) is 4.41. The first-order valence-electron chi connectivity index (χ1n) is 7.40. The summed E-state index contributed by atoms with van der Waals surface area (Å²) in [5, 5.41) is 13.1. The third-order valence-corrected chi connectivity index (χ3v) is 3.87. The largest absolute Gasteiger partial charge is 0.461 e. The molecular formula is C14H23ClN4O2. The van der Waals surface area contributed by atoms with Crippen LogP contribution in [0.4, 0.5) is 5.95 Å². The number of ether oxygens (including phenoxy) is 1. The van der Waals surface area contributed by atoms with E-state index in [1.165, 1.54) is 6.42 Å². The van der Waals surface area contributed by atoms with Gasteiger partial charge >= 0.3 is 6.01 Å². The second-order valence-electron chi connectivity index (χ2n) is 6.14. The molecule has 1 fully saturated rings. The molecule has 0 bridgehead atoms. The van der Waals surface area contributed by atoms with Crippen molar-refractivity contribution in [1.29, 1.82) is 0 Å². The zero-order chi connectivity index (χ0) is 15.5. The monoisotopic (exact) mass is 314 g/mol. The van der Waals surface area contributed by atoms with E-state index in [4.69, 9.17) is 16.3 Å². The summed E-state index contributed by atoms with van der Waals surface area (Å²) in [7, 11) is 0. The lowest BCUT2D eigenvalue weighted by atomic mass is 9.77. The molecule has 0 radical (unpaired) electrons. The minimum absolute atomic E-state index is 0.0427. The van der Waals surface area contributed by atoms with Crippen LogP contribution in [0.5, 0.6) is 6.01 Å². The van der Waals surface area contributed by atoms with Gasteiger partial charge in [0.05, 0.1) is 18.2 Å². The molecule has 1 aromatic rings. The minimum Gasteiger partial charge on any atom is -0.461 e. The number of aliphatic hydroxyl groups is 1. The lowest BCUT2D eigenvalue weighted by Crippen LogP contribution is -2.46. The molecular weight excluding hydrogens is 292 g/mol. The van der Waals surface area contributed by atoms with Crippen LogP contribution in [0, 0.1) is 5.92 Å². The first-order chi connectivity index (χ1) is 9.92. The van der Waals surface area contributed by atoms with Crippen molar-refractivity contribution in [3.8, 4) is 6.01 Å². The summed E-state index contributed by atoms with van der Waals surface area (Å²) in [5.41, 5.74) is -0.391. The predicted octanol–water partition coefficient (Wildman–Crippen LogP) is 2.67. The normalized spacial score (nSPS) is 25.9. The second-order valence-corrected chi connectivity index (χ2v) is 6.48. The van der Waals surface area contributed by atoms with Crippen LogP contribution in [0.25, 0.3) is 0 Å². The van der Waals surface area contributed by atoms with Crippen molar-refractivity contribution in [2.75, 3.05) is 11.9 Å². The molecule has 0 spiro atoms. The van der Waals surface area contributed by atoms with Crippen LogP contribution in [0.1, 0.15) is 46.5 Å². The molecule has 2 unspecified atom stereocenters. The second kappa shape index (κ2) is 6.75. The van der Waals surface area contributed by atoms with Gasteiger partial charge in [0.2, 0.25) is 11.2 Å². The molecule has 1 heterocycles. The number of rotatable bonds is 5. The molecule has 21 heavy (non-hydrogen) atoms. The van der Waals surface area contributed by atoms with Gasteiger partial charge in [-0.05, 0) is 44.2 Å². The van der Waals surface area contributed by atoms with E-state index in [1.807, 2.05) is 13.8 Å². The summed E-state index contributed by atoms with van der Waals surface area (Å²) in [6.45, 7) is 6.02. The fraction of sp³-hybridized carbons (Fsp3) is 0.786. The smallest absolute Gasteiger partial charge is 0.322 e. The van der Waals surface area contributed by atoms with Crippen molar-refractivity contribution >= 4 is 17.5 Å². The molecule has 6 nitrogen and oxygen atoms in total. The standard InChI is InChI=1S/C14H23ClN4O2/c1-9(2)21-13-17-11(15)16-12(18-13)19-14(8-20)6-4-5-10(3)7-14/h9-10,20H,4-8H2,1-3H3,(H,16,17,18,19). The maximum absolute atomic E-state index is 9.81. The Balaban J connectivity index is 2.18. The number of aromatic nitrogens is 3. The Labute approximate surface area is 130 Å². The van der Waals surface area contributed by atoms with Crippen molar-refractivity contribution in [2.45, 2.75) is 58.1 Å². The van der Waals surface area contributed by atoms with Gasteiger partial charge in [-0.1, -0.05) is 19.8 Å². The molecule has 7 heteroatoms. The van der Waals surface area contributed by atoms with E-state index in [0.717, 1.165) is 19.3 Å².